The Labute approximate surface area is 122 Å². The number of hydrogen-bond acceptors (Lipinski definition) is 2. The van der Waals surface area contributed by atoms with Gasteiger partial charge in [-0.15, -0.1) is 0 Å². The number of carbonyl (C=O) groups is 1. The first kappa shape index (κ1) is 13.8. The molecule has 1 amide bonds. The second-order valence-corrected chi connectivity index (χ2v) is 5.42. The van der Waals surface area contributed by atoms with Crippen LogP contribution in [0.15, 0.2) is 36.4 Å². The molecular weight excluding hydrogens is 269 g/mol. The highest BCUT2D eigenvalue weighted by Gasteiger charge is 2.25. The average Bonchev–Trinajstić information content (AvgIpc) is 2.73. The third kappa shape index (κ3) is 2.21. The first-order valence-electron chi connectivity index (χ1n) is 6.84. The van der Waals surface area contributed by atoms with Gasteiger partial charge >= 0.3 is 0 Å². The van der Waals surface area contributed by atoms with Gasteiger partial charge in [0.05, 0.1) is 6.10 Å². The minimum absolute atomic E-state index is 0.00486. The van der Waals surface area contributed by atoms with Crippen LogP contribution in [0.5, 0.6) is 0 Å². The van der Waals surface area contributed by atoms with Crippen LogP contribution in [0.2, 0.25) is 0 Å². The molecular formula is C17H16FNO2. The molecule has 0 aromatic heterocycles. The number of aliphatic hydroxyl groups is 1. The smallest absolute Gasteiger partial charge is 0.254 e. The first-order valence-corrected chi connectivity index (χ1v) is 6.84. The molecule has 0 fully saturated rings. The second kappa shape index (κ2) is 4.97. The molecule has 4 heteroatoms. The fraction of sp³-hybridized carbons (Fsp3) is 0.235. The van der Waals surface area contributed by atoms with Crippen LogP contribution in [-0.2, 0) is 6.54 Å². The van der Waals surface area contributed by atoms with Crippen LogP contribution in [0, 0.1) is 5.82 Å². The van der Waals surface area contributed by atoms with Gasteiger partial charge in [0.15, 0.2) is 0 Å². The molecule has 108 valence electrons. The lowest BCUT2D eigenvalue weighted by atomic mass is 9.97. The van der Waals surface area contributed by atoms with E-state index in [1.165, 1.54) is 0 Å². The van der Waals surface area contributed by atoms with E-state index in [0.29, 0.717) is 17.7 Å². The Balaban J connectivity index is 2.09. The van der Waals surface area contributed by atoms with Gasteiger partial charge in [0.1, 0.15) is 5.82 Å². The van der Waals surface area contributed by atoms with E-state index >= 15 is 0 Å². The van der Waals surface area contributed by atoms with E-state index in [0.717, 1.165) is 11.1 Å². The van der Waals surface area contributed by atoms with Gasteiger partial charge in [-0.3, -0.25) is 4.79 Å². The summed E-state index contributed by atoms with van der Waals surface area (Å²) >= 11 is 0. The molecule has 1 aliphatic heterocycles. The van der Waals surface area contributed by atoms with Crippen molar-refractivity contribution in [2.24, 2.45) is 0 Å². The summed E-state index contributed by atoms with van der Waals surface area (Å²) in [5.41, 5.74) is 3.02. The molecule has 0 radical (unpaired) electrons. The zero-order chi connectivity index (χ0) is 15.1. The maximum atomic E-state index is 14.5. The Hall–Kier alpha value is -2.20. The average molecular weight is 285 g/mol. The summed E-state index contributed by atoms with van der Waals surface area (Å²) in [5.74, 6) is -0.417. The summed E-state index contributed by atoms with van der Waals surface area (Å²) in [6.07, 6.45) is -0.855. The zero-order valence-electron chi connectivity index (χ0n) is 11.9. The topological polar surface area (TPSA) is 40.5 Å². The Morgan fingerprint density at radius 3 is 2.71 bits per heavy atom. The predicted octanol–water partition coefficient (Wildman–Crippen LogP) is 3.13. The number of amides is 1. The van der Waals surface area contributed by atoms with E-state index in [4.69, 9.17) is 0 Å². The van der Waals surface area contributed by atoms with Crippen molar-refractivity contribution in [2.75, 3.05) is 7.05 Å². The van der Waals surface area contributed by atoms with E-state index in [1.54, 1.807) is 49.2 Å². The van der Waals surface area contributed by atoms with Crippen LogP contribution in [-0.4, -0.2) is 23.0 Å². The standard InChI is InChI=1S/C17H16FNO2/c1-10(20)13-4-3-5-14(16(13)18)11-6-7-15-12(8-11)9-19(2)17(15)21/h3-8,10,20H,9H2,1-2H3. The van der Waals surface area contributed by atoms with Gasteiger partial charge in [0.2, 0.25) is 0 Å². The van der Waals surface area contributed by atoms with Crippen molar-refractivity contribution in [3.63, 3.8) is 0 Å². The molecule has 1 N–H and O–H groups in total. The highest BCUT2D eigenvalue weighted by Crippen LogP contribution is 2.31. The largest absolute Gasteiger partial charge is 0.389 e. The van der Waals surface area contributed by atoms with Crippen molar-refractivity contribution >= 4 is 5.91 Å². The minimum atomic E-state index is -0.855. The zero-order valence-corrected chi connectivity index (χ0v) is 11.9. The van der Waals surface area contributed by atoms with Crippen molar-refractivity contribution < 1.29 is 14.3 Å². The molecule has 21 heavy (non-hydrogen) atoms. The number of hydrogen-bond donors (Lipinski definition) is 1. The molecule has 1 heterocycles. The number of fused-ring (bicyclic) bond motifs is 1. The van der Waals surface area contributed by atoms with Crippen molar-refractivity contribution in [3.8, 4) is 11.1 Å². The molecule has 0 bridgehead atoms. The van der Waals surface area contributed by atoms with Crippen molar-refractivity contribution in [1.82, 2.24) is 4.90 Å². The van der Waals surface area contributed by atoms with Crippen LogP contribution in [0.4, 0.5) is 4.39 Å². The number of nitrogens with zero attached hydrogens (tertiary/aromatic N) is 1. The Kier molecular flexibility index (Phi) is 3.26. The maximum absolute atomic E-state index is 14.5. The lowest BCUT2D eigenvalue weighted by Gasteiger charge is -2.11. The van der Waals surface area contributed by atoms with E-state index in [-0.39, 0.29) is 11.5 Å². The summed E-state index contributed by atoms with van der Waals surface area (Å²) in [5, 5.41) is 9.61. The fourth-order valence-corrected chi connectivity index (χ4v) is 2.73. The number of aliphatic hydroxyl groups excluding tert-OH is 1. The minimum Gasteiger partial charge on any atom is -0.389 e. The molecule has 1 aliphatic rings. The summed E-state index contributed by atoms with van der Waals surface area (Å²) < 4.78 is 14.5. The molecule has 3 nitrogen and oxygen atoms in total. The molecule has 0 saturated heterocycles. The number of carbonyl (C=O) groups excluding carboxylic acids is 1. The highest BCUT2D eigenvalue weighted by atomic mass is 19.1. The van der Waals surface area contributed by atoms with Crippen LogP contribution in [0.25, 0.3) is 11.1 Å². The molecule has 2 aromatic carbocycles. The Morgan fingerprint density at radius 2 is 2.00 bits per heavy atom. The van der Waals surface area contributed by atoms with Gasteiger partial charge in [-0.25, -0.2) is 4.39 Å². The van der Waals surface area contributed by atoms with Crippen LogP contribution in [0.1, 0.15) is 34.5 Å². The third-order valence-corrected chi connectivity index (χ3v) is 3.88. The predicted molar refractivity (Wildman–Crippen MR) is 78.3 cm³/mol. The summed E-state index contributed by atoms with van der Waals surface area (Å²) in [6.45, 7) is 2.08. The SMILES string of the molecule is CC(O)c1cccc(-c2ccc3c(c2)CN(C)C3=O)c1F. The first-order chi connectivity index (χ1) is 9.99. The van der Waals surface area contributed by atoms with E-state index < -0.39 is 11.9 Å². The monoisotopic (exact) mass is 285 g/mol. The third-order valence-electron chi connectivity index (χ3n) is 3.88. The second-order valence-electron chi connectivity index (χ2n) is 5.42. The molecule has 1 unspecified atom stereocenters. The van der Waals surface area contributed by atoms with Crippen molar-refractivity contribution in [3.05, 3.63) is 58.9 Å². The maximum Gasteiger partial charge on any atom is 0.254 e. The van der Waals surface area contributed by atoms with E-state index in [1.807, 2.05) is 6.07 Å². The lowest BCUT2D eigenvalue weighted by Crippen LogP contribution is -2.17. The van der Waals surface area contributed by atoms with Gasteiger partial charge in [-0.1, -0.05) is 24.3 Å². The van der Waals surface area contributed by atoms with E-state index in [2.05, 4.69) is 0 Å². The van der Waals surface area contributed by atoms with Crippen LogP contribution < -0.4 is 0 Å². The van der Waals surface area contributed by atoms with Crippen molar-refractivity contribution in [1.29, 1.82) is 0 Å². The van der Waals surface area contributed by atoms with E-state index in [9.17, 15) is 14.3 Å². The molecule has 3 rings (SSSR count). The van der Waals surface area contributed by atoms with Gasteiger partial charge in [-0.05, 0) is 30.2 Å². The Morgan fingerprint density at radius 1 is 1.24 bits per heavy atom. The highest BCUT2D eigenvalue weighted by molar-refractivity contribution is 5.98. The summed E-state index contributed by atoms with van der Waals surface area (Å²) in [7, 11) is 1.75. The van der Waals surface area contributed by atoms with Crippen molar-refractivity contribution in [2.45, 2.75) is 19.6 Å². The number of rotatable bonds is 2. The van der Waals surface area contributed by atoms with Gasteiger partial charge in [0, 0.05) is 30.3 Å². The molecule has 1 atom stereocenters. The molecule has 0 saturated carbocycles. The molecule has 2 aromatic rings. The summed E-state index contributed by atoms with van der Waals surface area (Å²) in [6, 6.07) is 10.3. The van der Waals surface area contributed by atoms with Gasteiger partial charge in [0.25, 0.3) is 5.91 Å². The van der Waals surface area contributed by atoms with Crippen LogP contribution >= 0.6 is 0 Å². The van der Waals surface area contributed by atoms with Crippen LogP contribution in [0.3, 0.4) is 0 Å². The quantitative estimate of drug-likeness (QED) is 0.921. The number of halogens is 1. The number of benzene rings is 2. The van der Waals surface area contributed by atoms with Gasteiger partial charge < -0.3 is 10.0 Å². The van der Waals surface area contributed by atoms with Gasteiger partial charge in [-0.2, -0.15) is 0 Å². The fourth-order valence-electron chi connectivity index (χ4n) is 2.73. The lowest BCUT2D eigenvalue weighted by molar-refractivity contribution is 0.0816. The molecule has 0 aliphatic carbocycles. The Bertz CT molecular complexity index is 725. The molecule has 0 spiro atoms. The summed E-state index contributed by atoms with van der Waals surface area (Å²) in [4.78, 5) is 13.5. The normalized spacial score (nSPS) is 15.2.